The summed E-state index contributed by atoms with van der Waals surface area (Å²) in [6, 6.07) is 12.1. The van der Waals surface area contributed by atoms with E-state index in [0.717, 1.165) is 10.6 Å². The number of thiophene rings is 1. The molecule has 4 aromatic rings. The average Bonchev–Trinajstić information content (AvgIpc) is 3.29. The highest BCUT2D eigenvalue weighted by Crippen LogP contribution is 2.42. The van der Waals surface area contributed by atoms with Crippen LogP contribution in [0.3, 0.4) is 0 Å². The van der Waals surface area contributed by atoms with Crippen LogP contribution < -0.4 is 0 Å². The van der Waals surface area contributed by atoms with Gasteiger partial charge in [-0.15, -0.1) is 11.3 Å². The maximum atomic E-state index is 14.7. The largest absolute Gasteiger partial charge is 0.383 e. The molecule has 0 fully saturated rings. The van der Waals surface area contributed by atoms with Crippen molar-refractivity contribution in [1.29, 1.82) is 0 Å². The molecule has 0 radical (unpaired) electrons. The van der Waals surface area contributed by atoms with E-state index in [2.05, 4.69) is 4.98 Å². The van der Waals surface area contributed by atoms with Crippen LogP contribution in [0.25, 0.3) is 21.7 Å². The fourth-order valence-corrected chi connectivity index (χ4v) is 4.25. The maximum Gasteiger partial charge on any atom is 0.132 e. The van der Waals surface area contributed by atoms with Crippen LogP contribution in [0.4, 0.5) is 4.39 Å². The van der Waals surface area contributed by atoms with Crippen molar-refractivity contribution in [2.45, 2.75) is 6.10 Å². The Labute approximate surface area is 165 Å². The summed E-state index contributed by atoms with van der Waals surface area (Å²) >= 11 is 7.49. The van der Waals surface area contributed by atoms with E-state index < -0.39 is 11.9 Å². The predicted octanol–water partition coefficient (Wildman–Crippen LogP) is 5.69. The summed E-state index contributed by atoms with van der Waals surface area (Å²) in [5.74, 6) is -0.425. The Bertz CT molecular complexity index is 1080. The molecule has 3 heterocycles. The summed E-state index contributed by atoms with van der Waals surface area (Å²) in [7, 11) is 1.89. The van der Waals surface area contributed by atoms with Crippen LogP contribution >= 0.6 is 22.9 Å². The highest BCUT2D eigenvalue weighted by atomic mass is 35.5. The summed E-state index contributed by atoms with van der Waals surface area (Å²) in [4.78, 5) is 5.10. The SMILES string of the molecule is Cn1cc(-c2ccc(Cl)cc2F)c(C(O)c2cccnc2)c1-c1cccs1. The molecule has 4 rings (SSSR count). The van der Waals surface area contributed by atoms with Crippen molar-refractivity contribution in [2.75, 3.05) is 0 Å². The summed E-state index contributed by atoms with van der Waals surface area (Å²) in [6.45, 7) is 0. The van der Waals surface area contributed by atoms with Gasteiger partial charge in [-0.1, -0.05) is 23.7 Å². The van der Waals surface area contributed by atoms with Crippen LogP contribution in [0.5, 0.6) is 0 Å². The number of hydrogen-bond donors (Lipinski definition) is 1. The number of hydrogen-bond acceptors (Lipinski definition) is 3. The van der Waals surface area contributed by atoms with Crippen molar-refractivity contribution in [1.82, 2.24) is 9.55 Å². The minimum Gasteiger partial charge on any atom is -0.383 e. The van der Waals surface area contributed by atoms with Crippen molar-refractivity contribution >= 4 is 22.9 Å². The molecule has 1 unspecified atom stereocenters. The summed E-state index contributed by atoms with van der Waals surface area (Å²) < 4.78 is 16.6. The number of rotatable bonds is 4. The van der Waals surface area contributed by atoms with E-state index in [1.165, 1.54) is 6.07 Å². The predicted molar refractivity (Wildman–Crippen MR) is 107 cm³/mol. The molecule has 136 valence electrons. The highest BCUT2D eigenvalue weighted by Gasteiger charge is 2.26. The van der Waals surface area contributed by atoms with Gasteiger partial charge >= 0.3 is 0 Å². The molecule has 0 amide bonds. The number of pyridine rings is 1. The number of aliphatic hydroxyl groups excluding tert-OH is 1. The lowest BCUT2D eigenvalue weighted by atomic mass is 9.94. The number of aromatic nitrogens is 2. The van der Waals surface area contributed by atoms with Crippen molar-refractivity contribution < 1.29 is 9.50 Å². The maximum absolute atomic E-state index is 14.7. The number of halogens is 2. The van der Waals surface area contributed by atoms with Gasteiger partial charge in [0.15, 0.2) is 0 Å². The second kappa shape index (κ2) is 7.27. The number of aliphatic hydroxyl groups is 1. The lowest BCUT2D eigenvalue weighted by Gasteiger charge is -2.15. The second-order valence-corrected chi connectivity index (χ2v) is 7.59. The lowest BCUT2D eigenvalue weighted by Crippen LogP contribution is -2.03. The third-order valence-corrected chi connectivity index (χ3v) is 5.58. The van der Waals surface area contributed by atoms with Crippen molar-refractivity contribution in [2.24, 2.45) is 7.05 Å². The van der Waals surface area contributed by atoms with Gasteiger partial charge in [0.2, 0.25) is 0 Å². The third kappa shape index (κ3) is 3.30. The van der Waals surface area contributed by atoms with Crippen LogP contribution in [-0.2, 0) is 7.05 Å². The van der Waals surface area contributed by atoms with Gasteiger partial charge in [0.1, 0.15) is 11.9 Å². The topological polar surface area (TPSA) is 38.0 Å². The van der Waals surface area contributed by atoms with Crippen LogP contribution in [-0.4, -0.2) is 14.7 Å². The first-order valence-corrected chi connectivity index (χ1v) is 9.58. The highest BCUT2D eigenvalue weighted by molar-refractivity contribution is 7.13. The van der Waals surface area contributed by atoms with Crippen molar-refractivity contribution in [3.05, 3.63) is 88.4 Å². The Morgan fingerprint density at radius 3 is 2.70 bits per heavy atom. The Hall–Kier alpha value is -2.47. The molecular formula is C21H16ClFN2OS. The summed E-state index contributed by atoms with van der Waals surface area (Å²) in [5.41, 5.74) is 3.18. The van der Waals surface area contributed by atoms with Gasteiger partial charge in [-0.3, -0.25) is 4.98 Å². The molecule has 0 aliphatic rings. The summed E-state index contributed by atoms with van der Waals surface area (Å²) in [5, 5.41) is 13.5. The first-order valence-electron chi connectivity index (χ1n) is 8.32. The van der Waals surface area contributed by atoms with E-state index in [-0.39, 0.29) is 0 Å². The average molecular weight is 399 g/mol. The van der Waals surface area contributed by atoms with E-state index in [1.807, 2.05) is 41.4 Å². The Morgan fingerprint density at radius 1 is 1.19 bits per heavy atom. The zero-order chi connectivity index (χ0) is 19.0. The normalized spacial score (nSPS) is 12.3. The molecule has 6 heteroatoms. The lowest BCUT2D eigenvalue weighted by molar-refractivity contribution is 0.221. The molecule has 0 aliphatic carbocycles. The standard InChI is InChI=1S/C21H16ClFN2OS/c1-25-12-16(15-7-6-14(22)10-17(15)23)19(20(25)18-5-3-9-27-18)21(26)13-4-2-8-24-11-13/h2-12,21,26H,1H3. The molecule has 3 aromatic heterocycles. The zero-order valence-corrected chi connectivity index (χ0v) is 16.0. The second-order valence-electron chi connectivity index (χ2n) is 6.21. The Morgan fingerprint density at radius 2 is 2.04 bits per heavy atom. The Kier molecular flexibility index (Phi) is 4.83. The smallest absolute Gasteiger partial charge is 0.132 e. The zero-order valence-electron chi connectivity index (χ0n) is 14.4. The quantitative estimate of drug-likeness (QED) is 0.479. The fourth-order valence-electron chi connectivity index (χ4n) is 3.27. The van der Waals surface area contributed by atoms with Crippen molar-refractivity contribution in [3.63, 3.8) is 0 Å². The first-order chi connectivity index (χ1) is 13.1. The molecule has 0 saturated heterocycles. The fraction of sp³-hybridized carbons (Fsp3) is 0.0952. The molecule has 0 aliphatic heterocycles. The monoisotopic (exact) mass is 398 g/mol. The molecule has 0 spiro atoms. The van der Waals surface area contributed by atoms with Crippen LogP contribution in [0.2, 0.25) is 5.02 Å². The number of nitrogens with zero attached hydrogens (tertiary/aromatic N) is 2. The van der Waals surface area contributed by atoms with E-state index in [4.69, 9.17) is 11.6 Å². The minimum atomic E-state index is -0.943. The van der Waals surface area contributed by atoms with E-state index in [1.54, 1.807) is 41.9 Å². The molecular weight excluding hydrogens is 383 g/mol. The van der Waals surface area contributed by atoms with E-state index in [0.29, 0.717) is 27.3 Å². The van der Waals surface area contributed by atoms with Crippen LogP contribution in [0.15, 0.2) is 66.4 Å². The Balaban J connectivity index is 1.98. The van der Waals surface area contributed by atoms with Gasteiger partial charge in [-0.05, 0) is 35.7 Å². The molecule has 0 saturated carbocycles. The first kappa shape index (κ1) is 17.9. The molecule has 1 atom stereocenters. The molecule has 1 aromatic carbocycles. The van der Waals surface area contributed by atoms with Crippen molar-refractivity contribution in [3.8, 4) is 21.7 Å². The molecule has 1 N–H and O–H groups in total. The molecule has 0 bridgehead atoms. The number of aryl methyl sites for hydroxylation is 1. The van der Waals surface area contributed by atoms with Gasteiger partial charge in [0.05, 0.1) is 10.6 Å². The molecule has 27 heavy (non-hydrogen) atoms. The minimum absolute atomic E-state index is 0.333. The van der Waals surface area contributed by atoms with Crippen LogP contribution in [0.1, 0.15) is 17.2 Å². The van der Waals surface area contributed by atoms with Crippen LogP contribution in [0, 0.1) is 5.82 Å². The van der Waals surface area contributed by atoms with Gasteiger partial charge in [-0.2, -0.15) is 0 Å². The van der Waals surface area contributed by atoms with Gasteiger partial charge < -0.3 is 9.67 Å². The van der Waals surface area contributed by atoms with E-state index in [9.17, 15) is 9.50 Å². The molecule has 3 nitrogen and oxygen atoms in total. The third-order valence-electron chi connectivity index (χ3n) is 4.47. The van der Waals surface area contributed by atoms with E-state index >= 15 is 0 Å². The van der Waals surface area contributed by atoms with Gasteiger partial charge in [0.25, 0.3) is 0 Å². The van der Waals surface area contributed by atoms with Gasteiger partial charge in [-0.25, -0.2) is 4.39 Å². The summed E-state index contributed by atoms with van der Waals surface area (Å²) in [6.07, 6.45) is 4.18. The number of benzene rings is 1. The van der Waals surface area contributed by atoms with Gasteiger partial charge in [0, 0.05) is 52.9 Å².